The molecule has 1 unspecified atom stereocenters. The molecule has 1 atom stereocenters. The van der Waals surface area contributed by atoms with Gasteiger partial charge >= 0.3 is 0 Å². The number of nitrogens with two attached hydrogens (primary N) is 1. The molecule has 0 bridgehead atoms. The summed E-state index contributed by atoms with van der Waals surface area (Å²) in [6.07, 6.45) is 0.338. The number of rotatable bonds is 3. The lowest BCUT2D eigenvalue weighted by molar-refractivity contribution is -0.109. The molecular formula is C9H9F2NO2. The Morgan fingerprint density at radius 2 is 2.07 bits per heavy atom. The Kier molecular flexibility index (Phi) is 3.14. The van der Waals surface area contributed by atoms with Gasteiger partial charge in [-0.05, 0) is 6.07 Å². The van der Waals surface area contributed by atoms with E-state index in [1.165, 1.54) is 7.11 Å². The van der Waals surface area contributed by atoms with Gasteiger partial charge in [0, 0.05) is 11.6 Å². The van der Waals surface area contributed by atoms with Gasteiger partial charge < -0.3 is 15.3 Å². The van der Waals surface area contributed by atoms with Gasteiger partial charge in [-0.3, -0.25) is 0 Å². The molecular weight excluding hydrogens is 192 g/mol. The summed E-state index contributed by atoms with van der Waals surface area (Å²) in [6, 6.07) is 0.553. The second kappa shape index (κ2) is 4.15. The van der Waals surface area contributed by atoms with Crippen LogP contribution in [-0.4, -0.2) is 13.4 Å². The smallest absolute Gasteiger partial charge is 0.165 e. The van der Waals surface area contributed by atoms with E-state index in [2.05, 4.69) is 4.74 Å². The number of carbonyl (C=O) groups excluding carboxylic acids is 1. The Morgan fingerprint density at radius 1 is 1.43 bits per heavy atom. The van der Waals surface area contributed by atoms with Gasteiger partial charge in [0.05, 0.1) is 13.2 Å². The monoisotopic (exact) mass is 201 g/mol. The molecule has 0 aliphatic rings. The first kappa shape index (κ1) is 10.6. The van der Waals surface area contributed by atoms with Gasteiger partial charge in [0.25, 0.3) is 0 Å². The normalized spacial score (nSPS) is 12.3. The van der Waals surface area contributed by atoms with E-state index in [9.17, 15) is 13.6 Å². The molecule has 0 aromatic heterocycles. The fraction of sp³-hybridized carbons (Fsp3) is 0.222. The van der Waals surface area contributed by atoms with Crippen LogP contribution in [0.25, 0.3) is 0 Å². The Hall–Kier alpha value is -1.49. The minimum atomic E-state index is -1.16. The van der Waals surface area contributed by atoms with E-state index in [-0.39, 0.29) is 11.3 Å². The van der Waals surface area contributed by atoms with Crippen LogP contribution in [0.5, 0.6) is 5.75 Å². The summed E-state index contributed by atoms with van der Waals surface area (Å²) >= 11 is 0. The average Bonchev–Trinajstić information content (AvgIpc) is 2.19. The summed E-state index contributed by atoms with van der Waals surface area (Å²) < 4.78 is 30.8. The highest BCUT2D eigenvalue weighted by atomic mass is 19.1. The number of methoxy groups -OCH3 is 1. The summed E-state index contributed by atoms with van der Waals surface area (Å²) in [6.45, 7) is 0. The third-order valence-electron chi connectivity index (χ3n) is 1.78. The van der Waals surface area contributed by atoms with Crippen molar-refractivity contribution in [3.05, 3.63) is 29.3 Å². The van der Waals surface area contributed by atoms with Crippen molar-refractivity contribution in [1.29, 1.82) is 0 Å². The van der Waals surface area contributed by atoms with Gasteiger partial charge in [-0.15, -0.1) is 0 Å². The summed E-state index contributed by atoms with van der Waals surface area (Å²) in [5.41, 5.74) is 5.06. The molecule has 0 saturated heterocycles. The van der Waals surface area contributed by atoms with Gasteiger partial charge in [-0.25, -0.2) is 8.78 Å². The van der Waals surface area contributed by atoms with Gasteiger partial charge in [0.15, 0.2) is 11.6 Å². The van der Waals surface area contributed by atoms with Crippen molar-refractivity contribution >= 4 is 6.29 Å². The van der Waals surface area contributed by atoms with Crippen LogP contribution in [0, 0.1) is 11.6 Å². The summed E-state index contributed by atoms with van der Waals surface area (Å²) in [4.78, 5) is 10.3. The molecule has 0 aliphatic heterocycles. The van der Waals surface area contributed by atoms with E-state index in [1.54, 1.807) is 0 Å². The molecule has 1 rings (SSSR count). The number of hydrogen-bond acceptors (Lipinski definition) is 3. The summed E-state index contributed by atoms with van der Waals surface area (Å²) in [5.74, 6) is -1.73. The second-order valence-electron chi connectivity index (χ2n) is 2.67. The lowest BCUT2D eigenvalue weighted by Gasteiger charge is -2.08. The van der Waals surface area contributed by atoms with Crippen molar-refractivity contribution in [1.82, 2.24) is 0 Å². The standard InChI is InChI=1S/C9H9F2NO2/c1-14-9-3-6(10)5(2-7(9)11)8(12)4-13/h2-4,8H,12H2,1H3. The molecule has 0 aliphatic carbocycles. The predicted octanol–water partition coefficient (Wildman–Crippen LogP) is 1.17. The first-order valence-electron chi connectivity index (χ1n) is 3.84. The number of carbonyl (C=O) groups is 1. The second-order valence-corrected chi connectivity index (χ2v) is 2.67. The maximum absolute atomic E-state index is 13.2. The van der Waals surface area contributed by atoms with Crippen LogP contribution < -0.4 is 10.5 Å². The fourth-order valence-electron chi connectivity index (χ4n) is 1.03. The first-order valence-corrected chi connectivity index (χ1v) is 3.84. The minimum absolute atomic E-state index is 0.182. The van der Waals surface area contributed by atoms with Crippen LogP contribution in [0.15, 0.2) is 12.1 Å². The number of ether oxygens (including phenoxy) is 1. The Morgan fingerprint density at radius 3 is 2.57 bits per heavy atom. The molecule has 2 N–H and O–H groups in total. The highest BCUT2D eigenvalue weighted by Crippen LogP contribution is 2.23. The van der Waals surface area contributed by atoms with Crippen LogP contribution in [0.1, 0.15) is 11.6 Å². The molecule has 0 fully saturated rings. The molecule has 5 heteroatoms. The van der Waals surface area contributed by atoms with Gasteiger partial charge in [-0.1, -0.05) is 0 Å². The number of halogens is 2. The van der Waals surface area contributed by atoms with Crippen LogP contribution in [-0.2, 0) is 4.79 Å². The molecule has 76 valence electrons. The summed E-state index contributed by atoms with van der Waals surface area (Å²) in [5, 5.41) is 0. The molecule has 1 aromatic rings. The predicted molar refractivity (Wildman–Crippen MR) is 45.9 cm³/mol. The zero-order chi connectivity index (χ0) is 10.7. The van der Waals surface area contributed by atoms with E-state index < -0.39 is 17.7 Å². The molecule has 0 amide bonds. The molecule has 0 spiro atoms. The topological polar surface area (TPSA) is 52.3 Å². The average molecular weight is 201 g/mol. The van der Waals surface area contributed by atoms with E-state index in [4.69, 9.17) is 5.73 Å². The minimum Gasteiger partial charge on any atom is -0.494 e. The lowest BCUT2D eigenvalue weighted by atomic mass is 10.1. The van der Waals surface area contributed by atoms with Crippen molar-refractivity contribution in [3.63, 3.8) is 0 Å². The van der Waals surface area contributed by atoms with Crippen molar-refractivity contribution in [2.45, 2.75) is 6.04 Å². The van der Waals surface area contributed by atoms with Crippen LogP contribution in [0.3, 0.4) is 0 Å². The molecule has 3 nitrogen and oxygen atoms in total. The van der Waals surface area contributed by atoms with Crippen LogP contribution >= 0.6 is 0 Å². The number of benzene rings is 1. The lowest BCUT2D eigenvalue weighted by Crippen LogP contribution is -2.13. The van der Waals surface area contributed by atoms with Crippen molar-refractivity contribution in [2.75, 3.05) is 7.11 Å². The summed E-state index contributed by atoms with van der Waals surface area (Å²) in [7, 11) is 1.22. The van der Waals surface area contributed by atoms with Crippen molar-refractivity contribution in [3.8, 4) is 5.75 Å². The van der Waals surface area contributed by atoms with Crippen LogP contribution in [0.2, 0.25) is 0 Å². The maximum atomic E-state index is 13.2. The molecule has 0 heterocycles. The van der Waals surface area contributed by atoms with Gasteiger partial charge in [0.2, 0.25) is 0 Å². The van der Waals surface area contributed by atoms with E-state index >= 15 is 0 Å². The largest absolute Gasteiger partial charge is 0.494 e. The maximum Gasteiger partial charge on any atom is 0.165 e. The van der Waals surface area contributed by atoms with Crippen LogP contribution in [0.4, 0.5) is 8.78 Å². The molecule has 14 heavy (non-hydrogen) atoms. The fourth-order valence-corrected chi connectivity index (χ4v) is 1.03. The van der Waals surface area contributed by atoms with Gasteiger partial charge in [0.1, 0.15) is 12.1 Å². The Balaban J connectivity index is 3.21. The SMILES string of the molecule is COc1cc(F)c(C(N)C=O)cc1F. The zero-order valence-corrected chi connectivity index (χ0v) is 7.46. The highest BCUT2D eigenvalue weighted by Gasteiger charge is 2.15. The number of hydrogen-bond donors (Lipinski definition) is 1. The van der Waals surface area contributed by atoms with E-state index in [0.717, 1.165) is 12.1 Å². The molecule has 1 aromatic carbocycles. The van der Waals surface area contributed by atoms with E-state index in [1.807, 2.05) is 0 Å². The third kappa shape index (κ3) is 1.88. The Labute approximate surface area is 79.5 Å². The number of aldehydes is 1. The zero-order valence-electron chi connectivity index (χ0n) is 7.46. The Bertz CT molecular complexity index is 355. The van der Waals surface area contributed by atoms with E-state index in [0.29, 0.717) is 6.29 Å². The third-order valence-corrected chi connectivity index (χ3v) is 1.78. The molecule has 0 radical (unpaired) electrons. The van der Waals surface area contributed by atoms with Crippen molar-refractivity contribution < 1.29 is 18.3 Å². The highest BCUT2D eigenvalue weighted by molar-refractivity contribution is 5.61. The van der Waals surface area contributed by atoms with Crippen molar-refractivity contribution in [2.24, 2.45) is 5.73 Å². The first-order chi connectivity index (χ1) is 6.60. The molecule has 0 saturated carbocycles. The quantitative estimate of drug-likeness (QED) is 0.747. The van der Waals surface area contributed by atoms with Gasteiger partial charge in [-0.2, -0.15) is 0 Å².